The molecule has 13 heavy (non-hydrogen) atoms. The van der Waals surface area contributed by atoms with Crippen LogP contribution in [0.15, 0.2) is 29.2 Å². The zero-order valence-electron chi connectivity index (χ0n) is 6.61. The van der Waals surface area contributed by atoms with Gasteiger partial charge in [-0.25, -0.2) is 4.98 Å². The van der Waals surface area contributed by atoms with Gasteiger partial charge in [0.2, 0.25) is 5.43 Å². The molecule has 0 fully saturated rings. The monoisotopic (exact) mass is 171 g/mol. The molecule has 0 amide bonds. The molecule has 0 radical (unpaired) electrons. The zero-order valence-corrected chi connectivity index (χ0v) is 6.61. The van der Waals surface area contributed by atoms with Gasteiger partial charge in [0, 0.05) is 12.3 Å². The molecular weight excluding hydrogens is 166 g/mol. The number of hydrogen-bond acceptors (Lipinski definition) is 3. The van der Waals surface area contributed by atoms with Gasteiger partial charge < -0.3 is 4.98 Å². The number of H-pyrrole nitrogens is 1. The molecule has 0 saturated heterocycles. The molecule has 2 heterocycles. The summed E-state index contributed by atoms with van der Waals surface area (Å²) < 4.78 is 0. The second kappa shape index (κ2) is 2.72. The van der Waals surface area contributed by atoms with E-state index in [-0.39, 0.29) is 11.1 Å². The van der Waals surface area contributed by atoms with E-state index in [9.17, 15) is 4.79 Å². The van der Waals surface area contributed by atoms with Gasteiger partial charge in [0.05, 0.1) is 5.52 Å². The molecular formula is C9H5N3O. The molecule has 4 nitrogen and oxygen atoms in total. The van der Waals surface area contributed by atoms with Gasteiger partial charge in [-0.05, 0) is 12.1 Å². The van der Waals surface area contributed by atoms with E-state index in [2.05, 4.69) is 9.97 Å². The average molecular weight is 171 g/mol. The fourth-order valence-corrected chi connectivity index (χ4v) is 1.11. The maximum Gasteiger partial charge on any atom is 0.207 e. The Balaban J connectivity index is 2.92. The van der Waals surface area contributed by atoms with Gasteiger partial charge in [0.1, 0.15) is 17.3 Å². The molecule has 0 aliphatic rings. The van der Waals surface area contributed by atoms with Crippen molar-refractivity contribution in [2.24, 2.45) is 0 Å². The minimum Gasteiger partial charge on any atom is -0.360 e. The lowest BCUT2D eigenvalue weighted by Crippen LogP contribution is -2.03. The Kier molecular flexibility index (Phi) is 1.57. The topological polar surface area (TPSA) is 69.5 Å². The molecule has 0 aliphatic carbocycles. The largest absolute Gasteiger partial charge is 0.360 e. The quantitative estimate of drug-likeness (QED) is 0.637. The van der Waals surface area contributed by atoms with Crippen molar-refractivity contribution in [2.45, 2.75) is 0 Å². The lowest BCUT2D eigenvalue weighted by molar-refractivity contribution is 1.27. The van der Waals surface area contributed by atoms with Crippen molar-refractivity contribution in [1.82, 2.24) is 9.97 Å². The molecule has 62 valence electrons. The Bertz CT molecular complexity index is 551. The number of nitriles is 1. The van der Waals surface area contributed by atoms with Crippen LogP contribution in [0.5, 0.6) is 0 Å². The summed E-state index contributed by atoms with van der Waals surface area (Å²) in [5, 5.41) is 8.56. The van der Waals surface area contributed by atoms with E-state index in [1.54, 1.807) is 18.3 Å². The standard InChI is InChI=1S/C9H5N3O/c10-5-6-1-2-7-9(12-6)8(13)3-4-11-7/h1-4H,(H,11,13). The summed E-state index contributed by atoms with van der Waals surface area (Å²) >= 11 is 0. The summed E-state index contributed by atoms with van der Waals surface area (Å²) in [6.45, 7) is 0. The van der Waals surface area contributed by atoms with E-state index in [0.29, 0.717) is 11.0 Å². The van der Waals surface area contributed by atoms with Gasteiger partial charge in [0.15, 0.2) is 0 Å². The minimum atomic E-state index is -0.175. The van der Waals surface area contributed by atoms with Crippen LogP contribution in [0.4, 0.5) is 0 Å². The lowest BCUT2D eigenvalue weighted by Gasteiger charge is -1.94. The molecule has 0 unspecified atom stereocenters. The van der Waals surface area contributed by atoms with Crippen LogP contribution in [0.2, 0.25) is 0 Å². The predicted octanol–water partition coefficient (Wildman–Crippen LogP) is 0.795. The number of fused-ring (bicyclic) bond motifs is 1. The first-order valence-corrected chi connectivity index (χ1v) is 3.70. The first-order valence-electron chi connectivity index (χ1n) is 3.70. The second-order valence-electron chi connectivity index (χ2n) is 2.55. The first-order chi connectivity index (χ1) is 6.31. The summed E-state index contributed by atoms with van der Waals surface area (Å²) in [5.74, 6) is 0. The van der Waals surface area contributed by atoms with Crippen molar-refractivity contribution in [3.8, 4) is 6.07 Å². The Labute approximate surface area is 73.5 Å². The number of aromatic amines is 1. The summed E-state index contributed by atoms with van der Waals surface area (Å²) in [4.78, 5) is 18.0. The van der Waals surface area contributed by atoms with Crippen LogP contribution in [0.3, 0.4) is 0 Å². The van der Waals surface area contributed by atoms with Gasteiger partial charge in [-0.1, -0.05) is 0 Å². The Morgan fingerprint density at radius 1 is 1.38 bits per heavy atom. The van der Waals surface area contributed by atoms with Crippen LogP contribution >= 0.6 is 0 Å². The van der Waals surface area contributed by atoms with E-state index in [1.807, 2.05) is 6.07 Å². The zero-order chi connectivity index (χ0) is 9.26. The third kappa shape index (κ3) is 1.16. The smallest absolute Gasteiger partial charge is 0.207 e. The molecule has 2 rings (SSSR count). The molecule has 0 saturated carbocycles. The number of pyridine rings is 2. The average Bonchev–Trinajstić information content (AvgIpc) is 2.18. The molecule has 0 aromatic carbocycles. The SMILES string of the molecule is N#Cc1ccc2[nH]ccc(=O)c2n1. The summed E-state index contributed by atoms with van der Waals surface area (Å²) in [6.07, 6.45) is 1.55. The summed E-state index contributed by atoms with van der Waals surface area (Å²) in [6, 6.07) is 6.50. The highest BCUT2D eigenvalue weighted by atomic mass is 16.1. The highest BCUT2D eigenvalue weighted by Crippen LogP contribution is 2.03. The molecule has 0 aliphatic heterocycles. The molecule has 1 N–H and O–H groups in total. The van der Waals surface area contributed by atoms with Crippen molar-refractivity contribution in [2.75, 3.05) is 0 Å². The number of nitrogens with zero attached hydrogens (tertiary/aromatic N) is 2. The molecule has 0 atom stereocenters. The maximum atomic E-state index is 11.3. The predicted molar refractivity (Wildman–Crippen MR) is 47.1 cm³/mol. The highest BCUT2D eigenvalue weighted by molar-refractivity contribution is 5.73. The van der Waals surface area contributed by atoms with E-state index < -0.39 is 0 Å². The number of aromatic nitrogens is 2. The van der Waals surface area contributed by atoms with Crippen LogP contribution in [0.25, 0.3) is 11.0 Å². The molecule has 0 spiro atoms. The van der Waals surface area contributed by atoms with Crippen LogP contribution in [0.1, 0.15) is 5.69 Å². The summed E-state index contributed by atoms with van der Waals surface area (Å²) in [5.41, 5.74) is 1.03. The molecule has 4 heteroatoms. The number of hydrogen-bond donors (Lipinski definition) is 1. The van der Waals surface area contributed by atoms with Crippen LogP contribution in [-0.2, 0) is 0 Å². The van der Waals surface area contributed by atoms with E-state index in [4.69, 9.17) is 5.26 Å². The Hall–Kier alpha value is -2.15. The van der Waals surface area contributed by atoms with Gasteiger partial charge in [-0.2, -0.15) is 5.26 Å². The Morgan fingerprint density at radius 3 is 3.00 bits per heavy atom. The fraction of sp³-hybridized carbons (Fsp3) is 0. The van der Waals surface area contributed by atoms with Crippen LogP contribution in [0, 0.1) is 11.3 Å². The van der Waals surface area contributed by atoms with Crippen LogP contribution < -0.4 is 5.43 Å². The molecule has 0 bridgehead atoms. The third-order valence-electron chi connectivity index (χ3n) is 1.72. The molecule has 2 aromatic heterocycles. The van der Waals surface area contributed by atoms with Gasteiger partial charge in [-0.15, -0.1) is 0 Å². The highest BCUT2D eigenvalue weighted by Gasteiger charge is 1.99. The second-order valence-corrected chi connectivity index (χ2v) is 2.55. The lowest BCUT2D eigenvalue weighted by atomic mass is 10.3. The van der Waals surface area contributed by atoms with Gasteiger partial charge in [0.25, 0.3) is 0 Å². The Morgan fingerprint density at radius 2 is 2.23 bits per heavy atom. The van der Waals surface area contributed by atoms with Crippen LogP contribution in [-0.4, -0.2) is 9.97 Å². The number of nitrogens with one attached hydrogen (secondary N) is 1. The first kappa shape index (κ1) is 7.50. The third-order valence-corrected chi connectivity index (χ3v) is 1.72. The van der Waals surface area contributed by atoms with Gasteiger partial charge >= 0.3 is 0 Å². The van der Waals surface area contributed by atoms with Crippen molar-refractivity contribution >= 4 is 11.0 Å². The van der Waals surface area contributed by atoms with Gasteiger partial charge in [-0.3, -0.25) is 4.79 Å². The van der Waals surface area contributed by atoms with Crippen molar-refractivity contribution in [1.29, 1.82) is 5.26 Å². The summed E-state index contributed by atoms with van der Waals surface area (Å²) in [7, 11) is 0. The maximum absolute atomic E-state index is 11.3. The van der Waals surface area contributed by atoms with E-state index in [0.717, 1.165) is 0 Å². The minimum absolute atomic E-state index is 0.175. The fourth-order valence-electron chi connectivity index (χ4n) is 1.11. The van der Waals surface area contributed by atoms with Crippen molar-refractivity contribution in [3.63, 3.8) is 0 Å². The molecule has 2 aromatic rings. The van der Waals surface area contributed by atoms with E-state index >= 15 is 0 Å². The van der Waals surface area contributed by atoms with Crippen molar-refractivity contribution in [3.05, 3.63) is 40.3 Å². The van der Waals surface area contributed by atoms with Crippen molar-refractivity contribution < 1.29 is 0 Å². The number of rotatable bonds is 0. The normalized spacial score (nSPS) is 9.77. The van der Waals surface area contributed by atoms with E-state index in [1.165, 1.54) is 6.07 Å².